The molecule has 3 unspecified atom stereocenters. The van der Waals surface area contributed by atoms with Crippen LogP contribution in [-0.2, 0) is 0 Å². The van der Waals surface area contributed by atoms with Crippen LogP contribution in [0.25, 0.3) is 17.2 Å². The largest absolute Gasteiger partial charge is 0.0991 e. The molecule has 0 N–H and O–H groups in total. The lowest BCUT2D eigenvalue weighted by Gasteiger charge is -2.33. The molecular weight excluding hydrogens is 504 g/mol. The zero-order chi connectivity index (χ0) is 29.9. The van der Waals surface area contributed by atoms with Gasteiger partial charge in [-0.2, -0.15) is 0 Å². The van der Waals surface area contributed by atoms with Gasteiger partial charge in [0.2, 0.25) is 0 Å². The summed E-state index contributed by atoms with van der Waals surface area (Å²) in [6.07, 6.45) is 30.9. The molecule has 0 fully saturated rings. The Kier molecular flexibility index (Phi) is 10.7. The van der Waals surface area contributed by atoms with Crippen molar-refractivity contribution in [2.24, 2.45) is 17.8 Å². The van der Waals surface area contributed by atoms with Gasteiger partial charge in [-0.15, -0.1) is 0 Å². The van der Waals surface area contributed by atoms with Crippen molar-refractivity contribution in [3.05, 3.63) is 198 Å². The number of allylic oxidation sites excluding steroid dienone is 18. The quantitative estimate of drug-likeness (QED) is 0.260. The first-order valence-corrected chi connectivity index (χ1v) is 14.7. The van der Waals surface area contributed by atoms with Crippen LogP contribution in [0.4, 0.5) is 0 Å². The first-order valence-electron chi connectivity index (χ1n) is 14.7. The number of rotatable bonds is 10. The Morgan fingerprint density at radius 2 is 1.45 bits per heavy atom. The summed E-state index contributed by atoms with van der Waals surface area (Å²) in [6.45, 7) is 20.7. The van der Waals surface area contributed by atoms with Gasteiger partial charge in [0.05, 0.1) is 0 Å². The normalized spacial score (nSPS) is 22.2. The van der Waals surface area contributed by atoms with Gasteiger partial charge in [0.15, 0.2) is 0 Å². The minimum Gasteiger partial charge on any atom is -0.0991 e. The second-order valence-electron chi connectivity index (χ2n) is 10.6. The maximum atomic E-state index is 4.14. The summed E-state index contributed by atoms with van der Waals surface area (Å²) < 4.78 is 0. The van der Waals surface area contributed by atoms with E-state index in [1.165, 1.54) is 49.4 Å². The van der Waals surface area contributed by atoms with Crippen molar-refractivity contribution < 1.29 is 0 Å². The molecule has 210 valence electrons. The highest BCUT2D eigenvalue weighted by atomic mass is 14.3. The average molecular weight is 547 g/mol. The average Bonchev–Trinajstić information content (AvgIpc) is 3.05. The highest BCUT2D eigenvalue weighted by Gasteiger charge is 2.30. The minimum atomic E-state index is 0.129. The van der Waals surface area contributed by atoms with Gasteiger partial charge in [0, 0.05) is 17.8 Å². The summed E-state index contributed by atoms with van der Waals surface area (Å²) in [4.78, 5) is 0. The van der Waals surface area contributed by atoms with Crippen molar-refractivity contribution in [1.82, 2.24) is 0 Å². The van der Waals surface area contributed by atoms with Crippen LogP contribution < -0.4 is 10.4 Å². The van der Waals surface area contributed by atoms with Gasteiger partial charge >= 0.3 is 0 Å². The third-order valence-electron chi connectivity index (χ3n) is 8.16. The smallest absolute Gasteiger partial charge is 0.0128 e. The molecule has 0 radical (unpaired) electrons. The van der Waals surface area contributed by atoms with Crippen LogP contribution in [-0.4, -0.2) is 0 Å². The van der Waals surface area contributed by atoms with Crippen molar-refractivity contribution >= 4 is 17.2 Å². The maximum Gasteiger partial charge on any atom is 0.0128 e. The van der Waals surface area contributed by atoms with E-state index in [0.29, 0.717) is 0 Å². The monoisotopic (exact) mass is 546 g/mol. The zero-order valence-electron chi connectivity index (χ0n) is 25.0. The zero-order valence-corrected chi connectivity index (χ0v) is 25.0. The molecule has 42 heavy (non-hydrogen) atoms. The summed E-state index contributed by atoms with van der Waals surface area (Å²) in [5.74, 6) is 0.454. The summed E-state index contributed by atoms with van der Waals surface area (Å²) in [5, 5.41) is 2.49. The summed E-state index contributed by atoms with van der Waals surface area (Å²) in [5.41, 5.74) is 8.72. The SMILES string of the molecule is C=CC=C(C=C)C1C=C(c2ccccc2)C=C(C(=CC=C)C2C=CC=CC2C(=CC=C)C(C)=c2ccccc2=CC)C1. The third-order valence-corrected chi connectivity index (χ3v) is 8.16. The predicted octanol–water partition coefficient (Wildman–Crippen LogP) is 9.57. The minimum absolute atomic E-state index is 0.129. The van der Waals surface area contributed by atoms with Crippen LogP contribution in [0.15, 0.2) is 182 Å². The third kappa shape index (κ3) is 6.78. The van der Waals surface area contributed by atoms with E-state index < -0.39 is 0 Å². The number of hydrogen-bond donors (Lipinski definition) is 0. The molecule has 0 amide bonds. The number of hydrogen-bond acceptors (Lipinski definition) is 0. The van der Waals surface area contributed by atoms with E-state index >= 15 is 0 Å². The van der Waals surface area contributed by atoms with Crippen molar-refractivity contribution in [2.45, 2.75) is 20.3 Å². The second kappa shape index (κ2) is 14.8. The Morgan fingerprint density at radius 3 is 2.12 bits per heavy atom. The standard InChI is InChI=1S/C42H42/c1-7-19-32(10-4)35-28-36(34-23-13-12-14-24-34)30-37(29-35)40(21-9-3)42-27-18-17-26-41(42)39(20-8-2)31(6)38-25-16-15-22-33(38)11-5/h7-28,30,35,41-42H,1-4,29H2,5-6H3. The molecule has 0 bridgehead atoms. The van der Waals surface area contributed by atoms with E-state index in [0.717, 1.165) is 6.42 Å². The Morgan fingerprint density at radius 1 is 0.786 bits per heavy atom. The van der Waals surface area contributed by atoms with E-state index in [9.17, 15) is 0 Å². The van der Waals surface area contributed by atoms with Gasteiger partial charge in [-0.25, -0.2) is 0 Å². The van der Waals surface area contributed by atoms with E-state index in [-0.39, 0.29) is 17.8 Å². The molecule has 0 heterocycles. The van der Waals surface area contributed by atoms with Crippen LogP contribution in [0.1, 0.15) is 25.8 Å². The molecule has 0 spiro atoms. The summed E-state index contributed by atoms with van der Waals surface area (Å²) in [6, 6.07) is 19.2. The Labute approximate surface area is 252 Å². The maximum absolute atomic E-state index is 4.14. The lowest BCUT2D eigenvalue weighted by Crippen LogP contribution is -2.28. The molecular formula is C42H42. The van der Waals surface area contributed by atoms with Crippen LogP contribution in [0.2, 0.25) is 0 Å². The van der Waals surface area contributed by atoms with Gasteiger partial charge in [0.25, 0.3) is 0 Å². The van der Waals surface area contributed by atoms with Gasteiger partial charge in [-0.05, 0) is 69.7 Å². The fourth-order valence-electron chi connectivity index (χ4n) is 6.13. The summed E-state index contributed by atoms with van der Waals surface area (Å²) >= 11 is 0. The molecule has 2 aromatic carbocycles. The first-order chi connectivity index (χ1) is 20.6. The van der Waals surface area contributed by atoms with Crippen LogP contribution in [0.3, 0.4) is 0 Å². The van der Waals surface area contributed by atoms with E-state index in [1.54, 1.807) is 0 Å². The molecule has 0 aliphatic heterocycles. The predicted molar refractivity (Wildman–Crippen MR) is 186 cm³/mol. The van der Waals surface area contributed by atoms with Gasteiger partial charge in [-0.1, -0.05) is 166 Å². The lowest BCUT2D eigenvalue weighted by molar-refractivity contribution is 0.605. The Bertz CT molecular complexity index is 1670. The first kappa shape index (κ1) is 30.3. The molecule has 0 saturated carbocycles. The Hall–Kier alpha value is -4.68. The van der Waals surface area contributed by atoms with Crippen molar-refractivity contribution in [2.75, 3.05) is 0 Å². The van der Waals surface area contributed by atoms with Gasteiger partial charge < -0.3 is 0 Å². The molecule has 2 aromatic rings. The molecule has 0 saturated heterocycles. The fraction of sp³-hybridized carbons (Fsp3) is 0.143. The van der Waals surface area contributed by atoms with E-state index in [1.807, 2.05) is 24.3 Å². The van der Waals surface area contributed by atoms with Crippen LogP contribution in [0, 0.1) is 17.8 Å². The topological polar surface area (TPSA) is 0 Å². The second-order valence-corrected chi connectivity index (χ2v) is 10.6. The van der Waals surface area contributed by atoms with Crippen molar-refractivity contribution in [3.63, 3.8) is 0 Å². The highest BCUT2D eigenvalue weighted by Crippen LogP contribution is 2.43. The molecule has 0 aromatic heterocycles. The van der Waals surface area contributed by atoms with Gasteiger partial charge in [0.1, 0.15) is 0 Å². The summed E-state index contributed by atoms with van der Waals surface area (Å²) in [7, 11) is 0. The molecule has 2 aliphatic rings. The van der Waals surface area contributed by atoms with Crippen molar-refractivity contribution in [3.8, 4) is 0 Å². The van der Waals surface area contributed by atoms with E-state index in [4.69, 9.17) is 0 Å². The van der Waals surface area contributed by atoms with Crippen molar-refractivity contribution in [1.29, 1.82) is 0 Å². The molecule has 3 atom stereocenters. The highest BCUT2D eigenvalue weighted by molar-refractivity contribution is 5.78. The van der Waals surface area contributed by atoms with Crippen LogP contribution >= 0.6 is 0 Å². The fourth-order valence-corrected chi connectivity index (χ4v) is 6.13. The molecule has 0 nitrogen and oxygen atoms in total. The van der Waals surface area contributed by atoms with Gasteiger partial charge in [-0.3, -0.25) is 0 Å². The number of benzene rings is 2. The molecule has 4 rings (SSSR count). The van der Waals surface area contributed by atoms with E-state index in [2.05, 4.69) is 156 Å². The lowest BCUT2D eigenvalue weighted by atomic mass is 9.71. The Balaban J connectivity index is 1.88. The molecule has 0 heteroatoms. The molecule has 2 aliphatic carbocycles. The van der Waals surface area contributed by atoms with Crippen LogP contribution in [0.5, 0.6) is 0 Å².